The Morgan fingerprint density at radius 3 is 2.68 bits per heavy atom. The Bertz CT molecular complexity index is 854. The number of nitrogens with zero attached hydrogens (tertiary/aromatic N) is 2. The first-order valence-corrected chi connectivity index (χ1v) is 9.39. The highest BCUT2D eigenvalue weighted by Gasteiger charge is 2.44. The molecule has 1 aliphatic rings. The molecule has 0 unspecified atom stereocenters. The Balaban J connectivity index is 1.72. The molecule has 1 atom stereocenters. The van der Waals surface area contributed by atoms with Gasteiger partial charge in [0.2, 0.25) is 11.9 Å². The Morgan fingerprint density at radius 2 is 2.04 bits per heavy atom. The summed E-state index contributed by atoms with van der Waals surface area (Å²) in [6, 6.07) is 6.87. The highest BCUT2D eigenvalue weighted by atomic mass is 19.1. The van der Waals surface area contributed by atoms with Gasteiger partial charge in [-0.15, -0.1) is 0 Å². The molecule has 1 aliphatic carbocycles. The number of anilines is 4. The first-order valence-electron chi connectivity index (χ1n) is 9.39. The van der Waals surface area contributed by atoms with E-state index in [1.807, 2.05) is 26.8 Å². The Labute approximate surface area is 163 Å². The molecule has 3 rings (SSSR count). The molecular formula is C20H26FN5O2. The third-order valence-corrected chi connectivity index (χ3v) is 4.99. The molecule has 1 aromatic carbocycles. The number of hydrogen-bond donors (Lipinski definition) is 4. The Hall–Kier alpha value is -2.74. The van der Waals surface area contributed by atoms with Gasteiger partial charge in [-0.1, -0.05) is 26.8 Å². The van der Waals surface area contributed by atoms with Gasteiger partial charge in [-0.05, 0) is 37.0 Å². The van der Waals surface area contributed by atoms with E-state index in [0.29, 0.717) is 11.4 Å². The number of aromatic nitrogens is 2. The smallest absolute Gasteiger partial charge is 0.230 e. The maximum Gasteiger partial charge on any atom is 0.230 e. The Kier molecular flexibility index (Phi) is 5.79. The first kappa shape index (κ1) is 20.0. The van der Waals surface area contributed by atoms with E-state index < -0.39 is 5.82 Å². The van der Waals surface area contributed by atoms with E-state index in [4.69, 9.17) is 0 Å². The molecule has 0 spiro atoms. The quantitative estimate of drug-likeness (QED) is 0.553. The lowest BCUT2D eigenvalue weighted by Crippen LogP contribution is -2.30. The average Bonchev–Trinajstić information content (AvgIpc) is 3.41. The average molecular weight is 387 g/mol. The van der Waals surface area contributed by atoms with Crippen LogP contribution in [0.25, 0.3) is 0 Å². The van der Waals surface area contributed by atoms with Crippen LogP contribution < -0.4 is 16.0 Å². The van der Waals surface area contributed by atoms with Gasteiger partial charge >= 0.3 is 0 Å². The topological polar surface area (TPSA) is 99.2 Å². The molecule has 28 heavy (non-hydrogen) atoms. The molecule has 150 valence electrons. The summed E-state index contributed by atoms with van der Waals surface area (Å²) in [5.41, 5.74) is 1.08. The van der Waals surface area contributed by atoms with Gasteiger partial charge in [-0.3, -0.25) is 4.79 Å². The Morgan fingerprint density at radius 1 is 1.32 bits per heavy atom. The minimum Gasteiger partial charge on any atom is -0.394 e. The standard InChI is InChI=1S/C20H26FN5O2/c1-12(2)16(11-27)25-17-15(21)10-22-19(26-17)24-14-6-4-5-13(9-14)23-18(28)20(3)7-8-20/h4-6,9-10,12,16,27H,7-8,11H2,1-3H3,(H,23,28)(H2,22,24,25,26)/t16-/m1/s1. The van der Waals surface area contributed by atoms with Crippen LogP contribution in [0.3, 0.4) is 0 Å². The summed E-state index contributed by atoms with van der Waals surface area (Å²) in [5.74, 6) is -0.246. The maximum atomic E-state index is 14.0. The maximum absolute atomic E-state index is 14.0. The van der Waals surface area contributed by atoms with Gasteiger partial charge in [0.05, 0.1) is 18.8 Å². The number of carbonyl (C=O) groups excluding carboxylic acids is 1. The van der Waals surface area contributed by atoms with Gasteiger partial charge in [0, 0.05) is 16.8 Å². The second kappa shape index (κ2) is 8.10. The zero-order chi connectivity index (χ0) is 20.3. The van der Waals surface area contributed by atoms with Crippen LogP contribution in [0.4, 0.5) is 27.5 Å². The van der Waals surface area contributed by atoms with Crippen molar-refractivity contribution in [1.82, 2.24) is 9.97 Å². The fraction of sp³-hybridized carbons (Fsp3) is 0.450. The number of aliphatic hydroxyl groups excluding tert-OH is 1. The second-order valence-corrected chi connectivity index (χ2v) is 7.79. The number of amides is 1. The lowest BCUT2D eigenvalue weighted by Gasteiger charge is -2.21. The first-order chi connectivity index (χ1) is 13.3. The molecule has 0 bridgehead atoms. The van der Waals surface area contributed by atoms with E-state index in [0.717, 1.165) is 19.0 Å². The molecule has 0 aliphatic heterocycles. The van der Waals surface area contributed by atoms with E-state index in [-0.39, 0.29) is 41.7 Å². The minimum atomic E-state index is -0.594. The highest BCUT2D eigenvalue weighted by molar-refractivity contribution is 5.97. The van der Waals surface area contributed by atoms with Gasteiger partial charge in [-0.2, -0.15) is 4.98 Å². The summed E-state index contributed by atoms with van der Waals surface area (Å²) < 4.78 is 14.0. The van der Waals surface area contributed by atoms with Gasteiger partial charge in [0.15, 0.2) is 11.6 Å². The third-order valence-electron chi connectivity index (χ3n) is 4.99. The highest BCUT2D eigenvalue weighted by Crippen LogP contribution is 2.45. The van der Waals surface area contributed by atoms with E-state index in [1.165, 1.54) is 0 Å². The number of nitrogens with one attached hydrogen (secondary N) is 3. The molecule has 0 saturated heterocycles. The summed E-state index contributed by atoms with van der Waals surface area (Å²) in [6.45, 7) is 5.66. The van der Waals surface area contributed by atoms with Crippen LogP contribution in [0.1, 0.15) is 33.6 Å². The lowest BCUT2D eigenvalue weighted by atomic mass is 10.1. The molecule has 0 radical (unpaired) electrons. The van der Waals surface area contributed by atoms with Crippen molar-refractivity contribution >= 4 is 29.0 Å². The van der Waals surface area contributed by atoms with Crippen LogP contribution >= 0.6 is 0 Å². The van der Waals surface area contributed by atoms with Crippen molar-refractivity contribution in [2.75, 3.05) is 22.6 Å². The molecule has 1 amide bonds. The van der Waals surface area contributed by atoms with Gasteiger partial charge in [0.25, 0.3) is 0 Å². The number of rotatable bonds is 8. The normalized spacial score (nSPS) is 15.8. The van der Waals surface area contributed by atoms with E-state index in [1.54, 1.807) is 18.2 Å². The minimum absolute atomic E-state index is 0.0119. The number of carbonyl (C=O) groups is 1. The monoisotopic (exact) mass is 387 g/mol. The number of benzene rings is 1. The lowest BCUT2D eigenvalue weighted by molar-refractivity contribution is -0.120. The zero-order valence-corrected chi connectivity index (χ0v) is 16.3. The van der Waals surface area contributed by atoms with Crippen molar-refractivity contribution in [2.24, 2.45) is 11.3 Å². The fourth-order valence-electron chi connectivity index (χ4n) is 2.63. The van der Waals surface area contributed by atoms with Crippen molar-refractivity contribution in [3.8, 4) is 0 Å². The van der Waals surface area contributed by atoms with E-state index in [9.17, 15) is 14.3 Å². The van der Waals surface area contributed by atoms with E-state index >= 15 is 0 Å². The predicted octanol–water partition coefficient (Wildman–Crippen LogP) is 3.53. The third kappa shape index (κ3) is 4.75. The van der Waals surface area contributed by atoms with Crippen molar-refractivity contribution in [3.63, 3.8) is 0 Å². The van der Waals surface area contributed by atoms with Crippen LogP contribution in [-0.4, -0.2) is 33.6 Å². The van der Waals surface area contributed by atoms with Crippen LogP contribution in [0.5, 0.6) is 0 Å². The van der Waals surface area contributed by atoms with Crippen molar-refractivity contribution in [2.45, 2.75) is 39.7 Å². The molecule has 4 N–H and O–H groups in total. The summed E-state index contributed by atoms with van der Waals surface area (Å²) in [5, 5.41) is 18.3. The van der Waals surface area contributed by atoms with Gasteiger partial charge < -0.3 is 21.1 Å². The number of halogens is 1. The summed E-state index contributed by atoms with van der Waals surface area (Å²) in [7, 11) is 0. The predicted molar refractivity (Wildman–Crippen MR) is 107 cm³/mol. The van der Waals surface area contributed by atoms with Gasteiger partial charge in [-0.25, -0.2) is 9.37 Å². The van der Waals surface area contributed by atoms with Crippen molar-refractivity contribution in [3.05, 3.63) is 36.3 Å². The van der Waals surface area contributed by atoms with Crippen molar-refractivity contribution in [1.29, 1.82) is 0 Å². The summed E-state index contributed by atoms with van der Waals surface area (Å²) >= 11 is 0. The molecule has 1 saturated carbocycles. The molecule has 1 heterocycles. The molecule has 7 nitrogen and oxygen atoms in total. The fourth-order valence-corrected chi connectivity index (χ4v) is 2.63. The molecular weight excluding hydrogens is 361 g/mol. The largest absolute Gasteiger partial charge is 0.394 e. The molecule has 1 aromatic heterocycles. The second-order valence-electron chi connectivity index (χ2n) is 7.79. The van der Waals surface area contributed by atoms with Crippen LogP contribution in [0.2, 0.25) is 0 Å². The molecule has 8 heteroatoms. The summed E-state index contributed by atoms with van der Waals surface area (Å²) in [4.78, 5) is 20.3. The van der Waals surface area contributed by atoms with Crippen LogP contribution in [-0.2, 0) is 4.79 Å². The van der Waals surface area contributed by atoms with Gasteiger partial charge in [0.1, 0.15) is 0 Å². The molecule has 1 fully saturated rings. The number of hydrogen-bond acceptors (Lipinski definition) is 6. The summed E-state index contributed by atoms with van der Waals surface area (Å²) in [6.07, 6.45) is 2.88. The van der Waals surface area contributed by atoms with Crippen molar-refractivity contribution < 1.29 is 14.3 Å². The molecule has 2 aromatic rings. The number of aliphatic hydroxyl groups is 1. The SMILES string of the molecule is CC(C)[C@@H](CO)Nc1nc(Nc2cccc(NC(=O)C3(C)CC3)c2)ncc1F. The van der Waals surface area contributed by atoms with Crippen LogP contribution in [0.15, 0.2) is 30.5 Å². The van der Waals surface area contributed by atoms with Crippen LogP contribution in [0, 0.1) is 17.2 Å². The van der Waals surface area contributed by atoms with E-state index in [2.05, 4.69) is 25.9 Å². The zero-order valence-electron chi connectivity index (χ0n) is 16.3.